The summed E-state index contributed by atoms with van der Waals surface area (Å²) in [7, 11) is 0. The van der Waals surface area contributed by atoms with E-state index in [9.17, 15) is 14.4 Å². The standard InChI is InChI=1S/C36H41ClN4O3/c1-22(2)34(42)38-21-24-10-16-31(37)30(18-24)35(43)40-29-15-17-32-27(19-29)20-33(41(32)23(3)4)36(44)39-28-13-11-26(12-14-28)25-8-6-5-7-9-25/h10-20,22-23,25H,5-9,21H2,1-4H3,(H,38,42)(H,39,44)(H,40,43). The van der Waals surface area contributed by atoms with E-state index in [4.69, 9.17) is 11.6 Å². The average molecular weight is 613 g/mol. The van der Waals surface area contributed by atoms with Crippen LogP contribution in [-0.4, -0.2) is 22.3 Å². The first-order valence-corrected chi connectivity index (χ1v) is 15.9. The molecule has 44 heavy (non-hydrogen) atoms. The van der Waals surface area contributed by atoms with Crippen molar-refractivity contribution in [2.45, 2.75) is 78.3 Å². The first-order chi connectivity index (χ1) is 21.1. The number of nitrogens with zero attached hydrogens (tertiary/aromatic N) is 1. The molecule has 3 N–H and O–H groups in total. The Balaban J connectivity index is 1.32. The van der Waals surface area contributed by atoms with Crippen molar-refractivity contribution < 1.29 is 14.4 Å². The van der Waals surface area contributed by atoms with Crippen LogP contribution in [0.4, 0.5) is 11.4 Å². The van der Waals surface area contributed by atoms with E-state index in [1.54, 1.807) is 18.2 Å². The third kappa shape index (κ3) is 7.16. The SMILES string of the molecule is CC(C)C(=O)NCc1ccc(Cl)c(C(=O)Nc2ccc3c(c2)cc(C(=O)Nc2ccc(C4CCCCC4)cc2)n3C(C)C)c1. The fourth-order valence-corrected chi connectivity index (χ4v) is 6.17. The number of benzene rings is 3. The van der Waals surface area contributed by atoms with Crippen molar-refractivity contribution in [3.05, 3.63) is 94.1 Å². The van der Waals surface area contributed by atoms with Gasteiger partial charge in [0.1, 0.15) is 5.69 Å². The second-order valence-electron chi connectivity index (χ2n) is 12.3. The van der Waals surface area contributed by atoms with Crippen molar-refractivity contribution in [1.82, 2.24) is 9.88 Å². The van der Waals surface area contributed by atoms with Crippen molar-refractivity contribution in [2.24, 2.45) is 5.92 Å². The van der Waals surface area contributed by atoms with Gasteiger partial charge < -0.3 is 20.5 Å². The molecule has 1 fully saturated rings. The summed E-state index contributed by atoms with van der Waals surface area (Å²) in [5, 5.41) is 10.0. The molecule has 7 nitrogen and oxygen atoms in total. The van der Waals surface area contributed by atoms with Crippen LogP contribution in [-0.2, 0) is 11.3 Å². The van der Waals surface area contributed by atoms with Gasteiger partial charge in [-0.1, -0.05) is 62.9 Å². The van der Waals surface area contributed by atoms with Gasteiger partial charge in [-0.15, -0.1) is 0 Å². The van der Waals surface area contributed by atoms with Crippen LogP contribution in [0, 0.1) is 5.92 Å². The first kappa shape index (κ1) is 31.3. The van der Waals surface area contributed by atoms with E-state index in [2.05, 4.69) is 28.1 Å². The molecule has 4 aromatic rings. The topological polar surface area (TPSA) is 92.2 Å². The highest BCUT2D eigenvalue weighted by Crippen LogP contribution is 2.33. The zero-order valence-electron chi connectivity index (χ0n) is 25.9. The highest BCUT2D eigenvalue weighted by atomic mass is 35.5. The van der Waals surface area contributed by atoms with E-state index in [1.165, 1.54) is 37.7 Å². The number of hydrogen-bond donors (Lipinski definition) is 3. The Morgan fingerprint density at radius 2 is 1.50 bits per heavy atom. The number of carbonyl (C=O) groups is 3. The minimum Gasteiger partial charge on any atom is -0.352 e. The highest BCUT2D eigenvalue weighted by molar-refractivity contribution is 6.34. The minimum atomic E-state index is -0.357. The summed E-state index contributed by atoms with van der Waals surface area (Å²) in [4.78, 5) is 38.7. The molecule has 1 aliphatic carbocycles. The second-order valence-corrected chi connectivity index (χ2v) is 12.7. The lowest BCUT2D eigenvalue weighted by atomic mass is 9.84. The van der Waals surface area contributed by atoms with Gasteiger partial charge in [-0.05, 0) is 92.3 Å². The number of rotatable bonds is 9. The molecule has 0 saturated heterocycles. The van der Waals surface area contributed by atoms with Gasteiger partial charge in [0.2, 0.25) is 5.91 Å². The molecule has 0 unspecified atom stereocenters. The van der Waals surface area contributed by atoms with E-state index in [-0.39, 0.29) is 29.7 Å². The smallest absolute Gasteiger partial charge is 0.272 e. The molecular formula is C36H41ClN4O3. The number of fused-ring (bicyclic) bond motifs is 1. The first-order valence-electron chi connectivity index (χ1n) is 15.5. The van der Waals surface area contributed by atoms with E-state index >= 15 is 0 Å². The molecule has 5 rings (SSSR count). The fraction of sp³-hybridized carbons (Fsp3) is 0.361. The molecule has 1 aliphatic rings. The molecule has 230 valence electrons. The summed E-state index contributed by atoms with van der Waals surface area (Å²) in [5.74, 6) is -0.116. The number of hydrogen-bond acceptors (Lipinski definition) is 3. The van der Waals surface area contributed by atoms with Gasteiger partial charge in [0, 0.05) is 40.8 Å². The third-order valence-corrected chi connectivity index (χ3v) is 8.69. The molecule has 1 heterocycles. The molecule has 0 atom stereocenters. The average Bonchev–Trinajstić information content (AvgIpc) is 3.40. The Labute approximate surface area is 264 Å². The van der Waals surface area contributed by atoms with Crippen molar-refractivity contribution in [2.75, 3.05) is 10.6 Å². The van der Waals surface area contributed by atoms with Crippen molar-refractivity contribution >= 4 is 51.6 Å². The summed E-state index contributed by atoms with van der Waals surface area (Å²) in [6.45, 7) is 8.05. The lowest BCUT2D eigenvalue weighted by Gasteiger charge is -2.22. The van der Waals surface area contributed by atoms with Gasteiger partial charge in [0.15, 0.2) is 0 Å². The van der Waals surface area contributed by atoms with Crippen LogP contribution in [0.25, 0.3) is 10.9 Å². The van der Waals surface area contributed by atoms with Crippen molar-refractivity contribution in [3.8, 4) is 0 Å². The molecule has 0 aliphatic heterocycles. The zero-order valence-corrected chi connectivity index (χ0v) is 26.6. The Kier molecular flexibility index (Phi) is 9.74. The summed E-state index contributed by atoms with van der Waals surface area (Å²) in [6.07, 6.45) is 6.37. The number of halogens is 1. The summed E-state index contributed by atoms with van der Waals surface area (Å²) >= 11 is 6.38. The number of amides is 3. The molecule has 0 radical (unpaired) electrons. The maximum atomic E-state index is 13.5. The van der Waals surface area contributed by atoms with Crippen molar-refractivity contribution in [3.63, 3.8) is 0 Å². The molecule has 0 spiro atoms. The predicted molar refractivity (Wildman–Crippen MR) is 179 cm³/mol. The summed E-state index contributed by atoms with van der Waals surface area (Å²) < 4.78 is 2.01. The minimum absolute atomic E-state index is 0.0418. The second kappa shape index (κ2) is 13.7. The van der Waals surface area contributed by atoms with Gasteiger partial charge >= 0.3 is 0 Å². The largest absolute Gasteiger partial charge is 0.352 e. The van der Waals surface area contributed by atoms with Gasteiger partial charge in [-0.3, -0.25) is 14.4 Å². The monoisotopic (exact) mass is 612 g/mol. The fourth-order valence-electron chi connectivity index (χ4n) is 5.96. The molecule has 3 aromatic carbocycles. The lowest BCUT2D eigenvalue weighted by Crippen LogP contribution is -2.27. The quantitative estimate of drug-likeness (QED) is 0.176. The predicted octanol–water partition coefficient (Wildman–Crippen LogP) is 8.70. The van der Waals surface area contributed by atoms with Gasteiger partial charge in [-0.2, -0.15) is 0 Å². The number of carbonyl (C=O) groups excluding carboxylic acids is 3. The van der Waals surface area contributed by atoms with Gasteiger partial charge in [-0.25, -0.2) is 0 Å². The molecular weight excluding hydrogens is 572 g/mol. The molecule has 1 aromatic heterocycles. The van der Waals surface area contributed by atoms with E-state index in [1.807, 2.05) is 68.7 Å². The van der Waals surface area contributed by atoms with Crippen LogP contribution in [0.5, 0.6) is 0 Å². The normalized spacial score (nSPS) is 13.8. The molecule has 3 amide bonds. The van der Waals surface area contributed by atoms with E-state index in [0.29, 0.717) is 34.4 Å². The van der Waals surface area contributed by atoms with Crippen LogP contribution in [0.15, 0.2) is 66.7 Å². The number of nitrogens with one attached hydrogen (secondary N) is 3. The van der Waals surface area contributed by atoms with Crippen LogP contribution in [0.2, 0.25) is 5.02 Å². The lowest BCUT2D eigenvalue weighted by molar-refractivity contribution is -0.124. The molecule has 8 heteroatoms. The Morgan fingerprint density at radius 3 is 2.18 bits per heavy atom. The van der Waals surface area contributed by atoms with Crippen molar-refractivity contribution in [1.29, 1.82) is 0 Å². The van der Waals surface area contributed by atoms with Crippen LogP contribution < -0.4 is 16.0 Å². The van der Waals surface area contributed by atoms with E-state index < -0.39 is 0 Å². The summed E-state index contributed by atoms with van der Waals surface area (Å²) in [6, 6.07) is 20.9. The third-order valence-electron chi connectivity index (χ3n) is 8.36. The van der Waals surface area contributed by atoms with Crippen LogP contribution in [0.3, 0.4) is 0 Å². The maximum absolute atomic E-state index is 13.5. The van der Waals surface area contributed by atoms with Crippen LogP contribution in [0.1, 0.15) is 104 Å². The van der Waals surface area contributed by atoms with Gasteiger partial charge in [0.25, 0.3) is 11.8 Å². The van der Waals surface area contributed by atoms with Gasteiger partial charge in [0.05, 0.1) is 10.6 Å². The van der Waals surface area contributed by atoms with Crippen LogP contribution >= 0.6 is 11.6 Å². The Bertz CT molecular complexity index is 1670. The maximum Gasteiger partial charge on any atom is 0.272 e. The number of aromatic nitrogens is 1. The summed E-state index contributed by atoms with van der Waals surface area (Å²) in [5.41, 5.74) is 5.24. The molecule has 0 bridgehead atoms. The Hall–Kier alpha value is -4.10. The molecule has 1 saturated carbocycles. The Morgan fingerprint density at radius 1 is 0.818 bits per heavy atom. The number of anilines is 2. The zero-order chi connectivity index (χ0) is 31.4. The van der Waals surface area contributed by atoms with E-state index in [0.717, 1.165) is 22.2 Å². The highest BCUT2D eigenvalue weighted by Gasteiger charge is 2.20.